The molecule has 0 amide bonds. The van der Waals surface area contributed by atoms with Crippen molar-refractivity contribution in [2.45, 2.75) is 33.1 Å². The van der Waals surface area contributed by atoms with Crippen molar-refractivity contribution in [1.82, 2.24) is 9.97 Å². The smallest absolute Gasteiger partial charge is 0.252 e. The van der Waals surface area contributed by atoms with Crippen molar-refractivity contribution in [2.75, 3.05) is 19.1 Å². The molecule has 25 heavy (non-hydrogen) atoms. The van der Waals surface area contributed by atoms with E-state index in [0.29, 0.717) is 24.1 Å². The fraction of sp³-hybridized carbons (Fsp3) is 0.389. The molecule has 2 rings (SSSR count). The summed E-state index contributed by atoms with van der Waals surface area (Å²) in [4.78, 5) is 18.5. The van der Waals surface area contributed by atoms with Gasteiger partial charge in [-0.15, -0.1) is 0 Å². The topological polar surface area (TPSA) is 88.6 Å². The molecule has 0 radical (unpaired) electrons. The van der Waals surface area contributed by atoms with Crippen LogP contribution in [0.5, 0.6) is 11.5 Å². The Kier molecular flexibility index (Phi) is 7.00. The summed E-state index contributed by atoms with van der Waals surface area (Å²) in [7, 11) is 1.60. The SMILES string of the molecule is CCCOc1ccc(/C=N/Nc2nc(CCC)cc(=O)[nH]2)cc1OC. The average molecular weight is 344 g/mol. The molecule has 1 aromatic heterocycles. The summed E-state index contributed by atoms with van der Waals surface area (Å²) in [5.74, 6) is 1.67. The van der Waals surface area contributed by atoms with Crippen LogP contribution in [0.1, 0.15) is 37.9 Å². The minimum Gasteiger partial charge on any atom is -0.493 e. The number of hydrogen-bond donors (Lipinski definition) is 2. The molecule has 1 aromatic carbocycles. The zero-order valence-corrected chi connectivity index (χ0v) is 14.8. The van der Waals surface area contributed by atoms with Gasteiger partial charge in [-0.05, 0) is 36.6 Å². The van der Waals surface area contributed by atoms with Gasteiger partial charge in [-0.25, -0.2) is 10.4 Å². The van der Waals surface area contributed by atoms with Crippen molar-refractivity contribution in [3.05, 3.63) is 45.9 Å². The molecule has 2 aromatic rings. The zero-order valence-electron chi connectivity index (χ0n) is 14.8. The van der Waals surface area contributed by atoms with E-state index in [2.05, 4.69) is 20.5 Å². The van der Waals surface area contributed by atoms with Gasteiger partial charge in [0.1, 0.15) is 0 Å². The first-order chi connectivity index (χ1) is 12.2. The van der Waals surface area contributed by atoms with Crippen molar-refractivity contribution in [2.24, 2.45) is 5.10 Å². The molecule has 0 saturated carbocycles. The lowest BCUT2D eigenvalue weighted by Gasteiger charge is -2.10. The van der Waals surface area contributed by atoms with Crippen molar-refractivity contribution in [1.29, 1.82) is 0 Å². The lowest BCUT2D eigenvalue weighted by molar-refractivity contribution is 0.294. The maximum Gasteiger partial charge on any atom is 0.252 e. The van der Waals surface area contributed by atoms with Crippen molar-refractivity contribution in [3.63, 3.8) is 0 Å². The van der Waals surface area contributed by atoms with Crippen LogP contribution in [-0.2, 0) is 6.42 Å². The second kappa shape index (κ2) is 9.46. The number of anilines is 1. The lowest BCUT2D eigenvalue weighted by Crippen LogP contribution is -2.12. The normalized spacial score (nSPS) is 10.8. The van der Waals surface area contributed by atoms with Gasteiger partial charge in [0.15, 0.2) is 11.5 Å². The van der Waals surface area contributed by atoms with E-state index >= 15 is 0 Å². The molecule has 134 valence electrons. The highest BCUT2D eigenvalue weighted by Gasteiger charge is 2.05. The summed E-state index contributed by atoms with van der Waals surface area (Å²) in [5, 5.41) is 4.12. The Balaban J connectivity index is 2.08. The molecular formula is C18H24N4O3. The number of rotatable bonds is 9. The molecule has 0 spiro atoms. The third kappa shape index (κ3) is 5.63. The van der Waals surface area contributed by atoms with E-state index in [1.54, 1.807) is 13.3 Å². The fourth-order valence-corrected chi connectivity index (χ4v) is 2.21. The highest BCUT2D eigenvalue weighted by Crippen LogP contribution is 2.27. The van der Waals surface area contributed by atoms with Crippen LogP contribution in [0.15, 0.2) is 34.2 Å². The molecule has 7 nitrogen and oxygen atoms in total. The van der Waals surface area contributed by atoms with Crippen LogP contribution >= 0.6 is 0 Å². The Morgan fingerprint density at radius 3 is 2.80 bits per heavy atom. The molecule has 0 unspecified atom stereocenters. The molecule has 0 fully saturated rings. The highest BCUT2D eigenvalue weighted by atomic mass is 16.5. The number of aromatic nitrogens is 2. The van der Waals surface area contributed by atoms with E-state index in [-0.39, 0.29) is 5.56 Å². The molecule has 1 heterocycles. The first kappa shape index (κ1) is 18.5. The minimum absolute atomic E-state index is 0.199. The Hall–Kier alpha value is -2.83. The zero-order chi connectivity index (χ0) is 18.1. The third-order valence-corrected chi connectivity index (χ3v) is 3.33. The summed E-state index contributed by atoms with van der Waals surface area (Å²) in [5.41, 5.74) is 4.12. The monoisotopic (exact) mass is 344 g/mol. The number of ether oxygens (including phenoxy) is 2. The standard InChI is InChI=1S/C18H24N4O3/c1-4-6-14-11-17(23)21-18(20-14)22-19-12-13-7-8-15(25-9-5-2)16(10-13)24-3/h7-8,10-12H,4-6,9H2,1-3H3,(H2,20,21,22,23)/b19-12+. The second-order valence-corrected chi connectivity index (χ2v) is 5.46. The number of aryl methyl sites for hydroxylation is 1. The molecule has 2 N–H and O–H groups in total. The van der Waals surface area contributed by atoms with E-state index in [0.717, 1.165) is 30.5 Å². The van der Waals surface area contributed by atoms with Crippen molar-refractivity contribution in [3.8, 4) is 11.5 Å². The molecule has 0 aliphatic heterocycles. The number of aromatic amines is 1. The number of nitrogens with one attached hydrogen (secondary N) is 2. The number of hydrogen-bond acceptors (Lipinski definition) is 6. The van der Waals surface area contributed by atoms with Crippen LogP contribution in [0.4, 0.5) is 5.95 Å². The molecule has 0 bridgehead atoms. The van der Waals surface area contributed by atoms with Gasteiger partial charge < -0.3 is 9.47 Å². The predicted molar refractivity (Wildman–Crippen MR) is 98.8 cm³/mol. The molecule has 0 atom stereocenters. The van der Waals surface area contributed by atoms with Crippen LogP contribution in [0.3, 0.4) is 0 Å². The molecule has 0 saturated heterocycles. The van der Waals surface area contributed by atoms with E-state index in [1.807, 2.05) is 32.0 Å². The lowest BCUT2D eigenvalue weighted by atomic mass is 10.2. The Morgan fingerprint density at radius 2 is 2.08 bits per heavy atom. The van der Waals surface area contributed by atoms with Crippen molar-refractivity contribution >= 4 is 12.2 Å². The molecule has 0 aliphatic carbocycles. The average Bonchev–Trinajstić information content (AvgIpc) is 2.60. The van der Waals surface area contributed by atoms with Gasteiger partial charge in [0.2, 0.25) is 5.95 Å². The summed E-state index contributed by atoms with van der Waals surface area (Å²) in [6, 6.07) is 7.05. The first-order valence-corrected chi connectivity index (χ1v) is 8.36. The largest absolute Gasteiger partial charge is 0.493 e. The Bertz CT molecular complexity index is 771. The number of methoxy groups -OCH3 is 1. The third-order valence-electron chi connectivity index (χ3n) is 3.33. The van der Waals surface area contributed by atoms with Gasteiger partial charge in [-0.3, -0.25) is 9.78 Å². The number of hydrazone groups is 1. The van der Waals surface area contributed by atoms with Gasteiger partial charge in [-0.1, -0.05) is 20.3 Å². The summed E-state index contributed by atoms with van der Waals surface area (Å²) in [6.07, 6.45) is 4.22. The van der Waals surface area contributed by atoms with Crippen LogP contribution in [-0.4, -0.2) is 29.9 Å². The van der Waals surface area contributed by atoms with Gasteiger partial charge in [0.25, 0.3) is 5.56 Å². The summed E-state index contributed by atoms with van der Waals surface area (Å²) >= 11 is 0. The van der Waals surface area contributed by atoms with Gasteiger partial charge >= 0.3 is 0 Å². The fourth-order valence-electron chi connectivity index (χ4n) is 2.21. The Morgan fingerprint density at radius 1 is 1.24 bits per heavy atom. The van der Waals surface area contributed by atoms with Crippen molar-refractivity contribution < 1.29 is 9.47 Å². The van der Waals surface area contributed by atoms with Gasteiger partial charge in [0, 0.05) is 11.8 Å². The molecule has 0 aliphatic rings. The molecular weight excluding hydrogens is 320 g/mol. The van der Waals surface area contributed by atoms with Gasteiger partial charge in [-0.2, -0.15) is 5.10 Å². The Labute approximate surface area is 147 Å². The number of benzene rings is 1. The molecule has 7 heteroatoms. The summed E-state index contributed by atoms with van der Waals surface area (Å²) in [6.45, 7) is 4.72. The minimum atomic E-state index is -0.199. The maximum absolute atomic E-state index is 11.6. The number of nitrogens with zero attached hydrogens (tertiary/aromatic N) is 2. The first-order valence-electron chi connectivity index (χ1n) is 8.36. The van der Waals surface area contributed by atoms with E-state index in [4.69, 9.17) is 9.47 Å². The number of H-pyrrole nitrogens is 1. The summed E-state index contributed by atoms with van der Waals surface area (Å²) < 4.78 is 11.0. The van der Waals surface area contributed by atoms with Crippen LogP contribution in [0.25, 0.3) is 0 Å². The quantitative estimate of drug-likeness (QED) is 0.539. The van der Waals surface area contributed by atoms with Crippen LogP contribution < -0.4 is 20.5 Å². The predicted octanol–water partition coefficient (Wildman–Crippen LogP) is 2.97. The van der Waals surface area contributed by atoms with Gasteiger partial charge in [0.05, 0.1) is 19.9 Å². The van der Waals surface area contributed by atoms with Crippen LogP contribution in [0.2, 0.25) is 0 Å². The van der Waals surface area contributed by atoms with E-state index in [9.17, 15) is 4.79 Å². The van der Waals surface area contributed by atoms with E-state index < -0.39 is 0 Å². The van der Waals surface area contributed by atoms with E-state index in [1.165, 1.54) is 6.07 Å². The highest BCUT2D eigenvalue weighted by molar-refractivity contribution is 5.81. The maximum atomic E-state index is 11.6. The second-order valence-electron chi connectivity index (χ2n) is 5.46. The van der Waals surface area contributed by atoms with Crippen LogP contribution in [0, 0.1) is 0 Å².